The number of aliphatic hydroxyl groups excluding tert-OH is 1. The predicted octanol–water partition coefficient (Wildman–Crippen LogP) is 3.65. The van der Waals surface area contributed by atoms with Crippen LogP contribution in [-0.2, 0) is 6.42 Å². The van der Waals surface area contributed by atoms with Gasteiger partial charge in [-0.05, 0) is 36.9 Å². The highest BCUT2D eigenvalue weighted by Crippen LogP contribution is 2.21. The van der Waals surface area contributed by atoms with Crippen molar-refractivity contribution >= 4 is 17.0 Å². The maximum absolute atomic E-state index is 9.76. The third-order valence-electron chi connectivity index (χ3n) is 3.64. The minimum absolute atomic E-state index is 0.414. The van der Waals surface area contributed by atoms with Gasteiger partial charge < -0.3 is 10.0 Å². The van der Waals surface area contributed by atoms with Gasteiger partial charge in [0.25, 0.3) is 0 Å². The van der Waals surface area contributed by atoms with Crippen LogP contribution in [0, 0.1) is 0 Å². The summed E-state index contributed by atoms with van der Waals surface area (Å²) in [7, 11) is 2.09. The Balaban J connectivity index is 2.02. The fourth-order valence-electron chi connectivity index (χ4n) is 2.12. The SMILES string of the molecule is CC[C@@H](O)c1ccc(N(C)C(C)Cc2cccs2)cn1. The summed E-state index contributed by atoms with van der Waals surface area (Å²) in [4.78, 5) is 7.99. The zero-order chi connectivity index (χ0) is 14.5. The monoisotopic (exact) mass is 290 g/mol. The number of nitrogens with zero attached hydrogens (tertiary/aromatic N) is 2. The quantitative estimate of drug-likeness (QED) is 0.882. The highest BCUT2D eigenvalue weighted by molar-refractivity contribution is 7.09. The van der Waals surface area contributed by atoms with Gasteiger partial charge in [0.05, 0.1) is 23.7 Å². The normalized spacial score (nSPS) is 14.0. The van der Waals surface area contributed by atoms with Crippen LogP contribution in [0.4, 0.5) is 5.69 Å². The van der Waals surface area contributed by atoms with Crippen LogP contribution in [0.1, 0.15) is 36.9 Å². The minimum Gasteiger partial charge on any atom is -0.387 e. The Kier molecular flexibility index (Phi) is 5.15. The highest BCUT2D eigenvalue weighted by Gasteiger charge is 2.13. The molecule has 0 aromatic carbocycles. The van der Waals surface area contributed by atoms with Gasteiger partial charge in [-0.2, -0.15) is 0 Å². The number of anilines is 1. The van der Waals surface area contributed by atoms with E-state index in [1.165, 1.54) is 4.88 Å². The van der Waals surface area contributed by atoms with Gasteiger partial charge in [-0.1, -0.05) is 13.0 Å². The van der Waals surface area contributed by atoms with Crippen molar-refractivity contribution in [1.82, 2.24) is 4.98 Å². The first-order valence-electron chi connectivity index (χ1n) is 7.01. The molecular weight excluding hydrogens is 268 g/mol. The van der Waals surface area contributed by atoms with Crippen LogP contribution >= 0.6 is 11.3 Å². The second-order valence-electron chi connectivity index (χ2n) is 5.11. The molecule has 20 heavy (non-hydrogen) atoms. The summed E-state index contributed by atoms with van der Waals surface area (Å²) < 4.78 is 0. The molecule has 0 spiro atoms. The first-order valence-corrected chi connectivity index (χ1v) is 7.89. The van der Waals surface area contributed by atoms with Gasteiger partial charge in [0, 0.05) is 24.4 Å². The van der Waals surface area contributed by atoms with E-state index in [9.17, 15) is 5.11 Å². The highest BCUT2D eigenvalue weighted by atomic mass is 32.1. The molecule has 3 nitrogen and oxygen atoms in total. The Morgan fingerprint density at radius 2 is 2.15 bits per heavy atom. The standard InChI is InChI=1S/C16H22N2OS/c1-4-16(19)15-8-7-13(11-17-15)18(3)12(2)10-14-6-5-9-20-14/h5-9,11-12,16,19H,4,10H2,1-3H3/t12?,16-/m1/s1. The van der Waals surface area contributed by atoms with Crippen LogP contribution in [-0.4, -0.2) is 23.2 Å². The van der Waals surface area contributed by atoms with Gasteiger partial charge >= 0.3 is 0 Å². The molecule has 0 aliphatic heterocycles. The maximum atomic E-state index is 9.76. The van der Waals surface area contributed by atoms with E-state index in [1.807, 2.05) is 25.3 Å². The van der Waals surface area contributed by atoms with Gasteiger partial charge in [0.2, 0.25) is 0 Å². The van der Waals surface area contributed by atoms with E-state index in [1.54, 1.807) is 11.3 Å². The van der Waals surface area contributed by atoms with E-state index < -0.39 is 6.10 Å². The molecule has 0 saturated carbocycles. The number of aromatic nitrogens is 1. The van der Waals surface area contributed by atoms with Gasteiger partial charge in [-0.25, -0.2) is 0 Å². The first-order chi connectivity index (χ1) is 9.61. The van der Waals surface area contributed by atoms with Crippen LogP contribution in [0.25, 0.3) is 0 Å². The summed E-state index contributed by atoms with van der Waals surface area (Å²) in [6, 6.07) is 8.63. The lowest BCUT2D eigenvalue weighted by Crippen LogP contribution is -2.30. The molecule has 0 bridgehead atoms. The molecule has 2 rings (SSSR count). The number of hydrogen-bond donors (Lipinski definition) is 1. The van der Waals surface area contributed by atoms with E-state index in [0.29, 0.717) is 12.5 Å². The lowest BCUT2D eigenvalue weighted by Gasteiger charge is -2.26. The number of pyridine rings is 1. The predicted molar refractivity (Wildman–Crippen MR) is 85.4 cm³/mol. The van der Waals surface area contributed by atoms with Crippen LogP contribution in [0.15, 0.2) is 35.8 Å². The Labute approximate surface area is 124 Å². The lowest BCUT2D eigenvalue weighted by molar-refractivity contribution is 0.169. The van der Waals surface area contributed by atoms with Gasteiger partial charge in [-0.3, -0.25) is 4.98 Å². The molecule has 1 N–H and O–H groups in total. The summed E-state index contributed by atoms with van der Waals surface area (Å²) in [6.07, 6.45) is 3.11. The Morgan fingerprint density at radius 1 is 1.35 bits per heavy atom. The third-order valence-corrected chi connectivity index (χ3v) is 4.54. The molecule has 0 amide bonds. The molecule has 0 aliphatic carbocycles. The number of aliphatic hydroxyl groups is 1. The number of hydrogen-bond acceptors (Lipinski definition) is 4. The molecule has 2 heterocycles. The van der Waals surface area contributed by atoms with Crippen LogP contribution in [0.2, 0.25) is 0 Å². The van der Waals surface area contributed by atoms with E-state index >= 15 is 0 Å². The fourth-order valence-corrected chi connectivity index (χ4v) is 2.95. The van der Waals surface area contributed by atoms with Gasteiger partial charge in [0.1, 0.15) is 0 Å². The van der Waals surface area contributed by atoms with Crippen molar-refractivity contribution in [3.63, 3.8) is 0 Å². The summed E-state index contributed by atoms with van der Waals surface area (Å²) >= 11 is 1.80. The molecule has 4 heteroatoms. The summed E-state index contributed by atoms with van der Waals surface area (Å²) in [5, 5.41) is 11.9. The van der Waals surface area contributed by atoms with Crippen molar-refractivity contribution in [2.45, 2.75) is 38.8 Å². The fraction of sp³-hybridized carbons (Fsp3) is 0.438. The average Bonchev–Trinajstić information content (AvgIpc) is 2.98. The lowest BCUT2D eigenvalue weighted by atomic mass is 10.1. The van der Waals surface area contributed by atoms with Crippen molar-refractivity contribution in [2.24, 2.45) is 0 Å². The van der Waals surface area contributed by atoms with Crippen molar-refractivity contribution in [3.05, 3.63) is 46.4 Å². The largest absolute Gasteiger partial charge is 0.387 e. The molecule has 1 unspecified atom stereocenters. The Hall–Kier alpha value is -1.39. The van der Waals surface area contributed by atoms with Crippen molar-refractivity contribution in [2.75, 3.05) is 11.9 Å². The van der Waals surface area contributed by atoms with Crippen molar-refractivity contribution in [3.8, 4) is 0 Å². The molecule has 0 radical (unpaired) electrons. The van der Waals surface area contributed by atoms with E-state index in [4.69, 9.17) is 0 Å². The van der Waals surface area contributed by atoms with E-state index in [2.05, 4.69) is 41.4 Å². The third kappa shape index (κ3) is 3.58. The topological polar surface area (TPSA) is 36.4 Å². The number of likely N-dealkylation sites (N-methyl/N-ethyl adjacent to an activating group) is 1. The second kappa shape index (κ2) is 6.86. The Morgan fingerprint density at radius 3 is 2.70 bits per heavy atom. The molecule has 108 valence electrons. The molecule has 2 aromatic heterocycles. The van der Waals surface area contributed by atoms with E-state index in [0.717, 1.165) is 17.8 Å². The average molecular weight is 290 g/mol. The second-order valence-corrected chi connectivity index (χ2v) is 6.14. The van der Waals surface area contributed by atoms with Gasteiger partial charge in [-0.15, -0.1) is 11.3 Å². The first kappa shape index (κ1) is 15.0. The summed E-state index contributed by atoms with van der Waals surface area (Å²) in [6.45, 7) is 4.17. The van der Waals surface area contributed by atoms with Crippen molar-refractivity contribution in [1.29, 1.82) is 0 Å². The summed E-state index contributed by atoms with van der Waals surface area (Å²) in [5.74, 6) is 0. The molecule has 0 aliphatic rings. The van der Waals surface area contributed by atoms with Crippen LogP contribution in [0.3, 0.4) is 0 Å². The minimum atomic E-state index is -0.460. The Bertz CT molecular complexity index is 510. The number of rotatable bonds is 6. The molecule has 0 saturated heterocycles. The molecule has 2 atom stereocenters. The molecule has 0 fully saturated rings. The number of thiophene rings is 1. The molecular formula is C16H22N2OS. The zero-order valence-corrected chi connectivity index (χ0v) is 13.1. The zero-order valence-electron chi connectivity index (χ0n) is 12.3. The molecule has 2 aromatic rings. The van der Waals surface area contributed by atoms with Crippen LogP contribution < -0.4 is 4.90 Å². The summed E-state index contributed by atoms with van der Waals surface area (Å²) in [5.41, 5.74) is 1.83. The van der Waals surface area contributed by atoms with Crippen LogP contribution in [0.5, 0.6) is 0 Å². The van der Waals surface area contributed by atoms with Gasteiger partial charge in [0.15, 0.2) is 0 Å². The maximum Gasteiger partial charge on any atom is 0.0957 e. The smallest absolute Gasteiger partial charge is 0.0957 e. The van der Waals surface area contributed by atoms with Crippen molar-refractivity contribution < 1.29 is 5.11 Å². The van der Waals surface area contributed by atoms with E-state index in [-0.39, 0.29) is 0 Å².